The fourth-order valence-electron chi connectivity index (χ4n) is 3.73. The molecule has 0 saturated carbocycles. The van der Waals surface area contributed by atoms with E-state index < -0.39 is 6.10 Å². The first kappa shape index (κ1) is 16.5. The molecule has 0 radical (unpaired) electrons. The van der Waals surface area contributed by atoms with Gasteiger partial charge in [-0.15, -0.1) is 0 Å². The first-order chi connectivity index (χ1) is 12.7. The molecule has 3 N–H and O–H groups in total. The van der Waals surface area contributed by atoms with E-state index >= 15 is 0 Å². The Morgan fingerprint density at radius 3 is 2.85 bits per heavy atom. The number of hydrogen-bond acceptors (Lipinski definition) is 8. The van der Waals surface area contributed by atoms with Gasteiger partial charge in [-0.05, 0) is 6.07 Å². The molecule has 10 heteroatoms. The predicted octanol–water partition coefficient (Wildman–Crippen LogP) is -0.0732. The van der Waals surface area contributed by atoms with E-state index in [0.29, 0.717) is 28.8 Å². The second kappa shape index (κ2) is 6.50. The molecular formula is C16H20ClN5O4. The number of hydrogen-bond donors (Lipinski definition) is 3. The van der Waals surface area contributed by atoms with Gasteiger partial charge in [0.1, 0.15) is 24.1 Å². The summed E-state index contributed by atoms with van der Waals surface area (Å²) in [5, 5.41) is 13.7. The fourth-order valence-corrected chi connectivity index (χ4v) is 4.00. The third kappa shape index (κ3) is 2.80. The third-order valence-corrected chi connectivity index (χ3v) is 5.33. The average molecular weight is 382 g/mol. The number of nitrogens with zero attached hydrogens (tertiary/aromatic N) is 3. The van der Waals surface area contributed by atoms with Crippen LogP contribution in [0.1, 0.15) is 0 Å². The quantitative estimate of drug-likeness (QED) is 0.678. The minimum Gasteiger partial charge on any atom is -0.456 e. The summed E-state index contributed by atoms with van der Waals surface area (Å²) in [7, 11) is 0. The van der Waals surface area contributed by atoms with Crippen LogP contribution in [0, 0.1) is 0 Å². The van der Waals surface area contributed by atoms with Crippen molar-refractivity contribution in [1.82, 2.24) is 20.3 Å². The average Bonchev–Trinajstić information content (AvgIpc) is 3.32. The molecule has 0 aromatic carbocycles. The van der Waals surface area contributed by atoms with Crippen LogP contribution in [0.3, 0.4) is 0 Å². The Morgan fingerprint density at radius 1 is 1.19 bits per heavy atom. The van der Waals surface area contributed by atoms with Gasteiger partial charge in [-0.2, -0.15) is 4.98 Å². The third-order valence-electron chi connectivity index (χ3n) is 5.05. The minimum atomic E-state index is -0.605. The summed E-state index contributed by atoms with van der Waals surface area (Å²) in [6.45, 7) is 4.13. The van der Waals surface area contributed by atoms with Gasteiger partial charge >= 0.3 is 0 Å². The zero-order chi connectivity index (χ0) is 17.7. The second-order valence-electron chi connectivity index (χ2n) is 6.76. The Morgan fingerprint density at radius 2 is 2.00 bits per heavy atom. The van der Waals surface area contributed by atoms with Crippen LogP contribution in [-0.4, -0.2) is 83.9 Å². The van der Waals surface area contributed by atoms with Crippen molar-refractivity contribution >= 4 is 28.6 Å². The number of aromatic nitrogens is 3. The molecule has 0 bridgehead atoms. The van der Waals surface area contributed by atoms with Crippen molar-refractivity contribution < 1.29 is 19.3 Å². The molecule has 3 saturated heterocycles. The lowest BCUT2D eigenvalue weighted by molar-refractivity contribution is 0.00706. The Balaban J connectivity index is 1.38. The highest BCUT2D eigenvalue weighted by Gasteiger charge is 2.48. The lowest BCUT2D eigenvalue weighted by atomic mass is 10.1. The Labute approximate surface area is 154 Å². The Kier molecular flexibility index (Phi) is 4.13. The molecule has 2 aromatic rings. The van der Waals surface area contributed by atoms with Gasteiger partial charge in [0.25, 0.3) is 6.01 Å². The van der Waals surface area contributed by atoms with Gasteiger partial charge in [-0.3, -0.25) is 0 Å². The molecular weight excluding hydrogens is 362 g/mol. The summed E-state index contributed by atoms with van der Waals surface area (Å²) in [5.74, 6) is 0.741. The number of imidazole rings is 1. The number of aliphatic hydroxyl groups is 1. The van der Waals surface area contributed by atoms with Gasteiger partial charge in [0.05, 0.1) is 23.8 Å². The normalized spacial score (nSPS) is 31.5. The summed E-state index contributed by atoms with van der Waals surface area (Å²) >= 11 is 6.42. The van der Waals surface area contributed by atoms with E-state index in [1.165, 1.54) is 0 Å². The number of halogens is 1. The van der Waals surface area contributed by atoms with Crippen molar-refractivity contribution in [3.05, 3.63) is 11.1 Å². The maximum Gasteiger partial charge on any atom is 0.296 e. The number of aromatic amines is 1. The van der Waals surface area contributed by atoms with Crippen LogP contribution in [-0.2, 0) is 9.47 Å². The maximum absolute atomic E-state index is 9.82. The zero-order valence-corrected chi connectivity index (χ0v) is 14.8. The number of H-pyrrole nitrogens is 1. The molecule has 5 rings (SSSR count). The van der Waals surface area contributed by atoms with Crippen molar-refractivity contribution in [1.29, 1.82) is 0 Å². The molecule has 0 spiro atoms. The van der Waals surface area contributed by atoms with Crippen molar-refractivity contribution in [3.63, 3.8) is 0 Å². The number of fused-ring (bicyclic) bond motifs is 2. The van der Waals surface area contributed by atoms with E-state index in [-0.39, 0.29) is 24.9 Å². The van der Waals surface area contributed by atoms with Gasteiger partial charge in [0.15, 0.2) is 11.8 Å². The Hall–Kier alpha value is -1.65. The molecule has 0 unspecified atom stereocenters. The highest BCUT2D eigenvalue weighted by atomic mass is 35.5. The first-order valence-electron chi connectivity index (χ1n) is 8.79. The SMILES string of the molecule is O[C@@H]1CO[C@H]2[C@@H]1OC[C@H]2Oc1nc2nc(N3CCNCC3)c(Cl)cc2[nH]1. The predicted molar refractivity (Wildman–Crippen MR) is 93.9 cm³/mol. The number of aliphatic hydroxyl groups excluding tert-OH is 1. The van der Waals surface area contributed by atoms with Crippen molar-refractivity contribution in [2.24, 2.45) is 0 Å². The highest BCUT2D eigenvalue weighted by molar-refractivity contribution is 6.33. The summed E-state index contributed by atoms with van der Waals surface area (Å²) in [4.78, 5) is 14.3. The van der Waals surface area contributed by atoms with Crippen molar-refractivity contribution in [3.8, 4) is 6.01 Å². The number of piperazine rings is 1. The van der Waals surface area contributed by atoms with Crippen LogP contribution in [0.25, 0.3) is 11.2 Å². The van der Waals surface area contributed by atoms with Gasteiger partial charge in [-0.25, -0.2) is 4.98 Å². The first-order valence-corrected chi connectivity index (χ1v) is 9.17. The van der Waals surface area contributed by atoms with E-state index in [4.69, 9.17) is 25.8 Å². The van der Waals surface area contributed by atoms with Gasteiger partial charge in [0, 0.05) is 26.2 Å². The van der Waals surface area contributed by atoms with Crippen LogP contribution in [0.4, 0.5) is 5.82 Å². The van der Waals surface area contributed by atoms with E-state index in [0.717, 1.165) is 32.0 Å². The number of rotatable bonds is 3. The van der Waals surface area contributed by atoms with E-state index in [2.05, 4.69) is 25.2 Å². The molecule has 4 atom stereocenters. The molecule has 0 amide bonds. The monoisotopic (exact) mass is 381 g/mol. The molecule has 2 aromatic heterocycles. The summed E-state index contributed by atoms with van der Waals surface area (Å²) in [6, 6.07) is 2.17. The molecule has 3 aliphatic rings. The van der Waals surface area contributed by atoms with Gasteiger partial charge in [-0.1, -0.05) is 11.6 Å². The highest BCUT2D eigenvalue weighted by Crippen LogP contribution is 2.31. The molecule has 26 heavy (non-hydrogen) atoms. The van der Waals surface area contributed by atoms with Crippen molar-refractivity contribution in [2.75, 3.05) is 44.3 Å². The molecule has 9 nitrogen and oxygen atoms in total. The minimum absolute atomic E-state index is 0.264. The topological polar surface area (TPSA) is 105 Å². The summed E-state index contributed by atoms with van der Waals surface area (Å²) in [5.41, 5.74) is 1.27. The molecule has 3 fully saturated rings. The van der Waals surface area contributed by atoms with Crippen molar-refractivity contribution in [2.45, 2.75) is 24.4 Å². The zero-order valence-electron chi connectivity index (χ0n) is 14.0. The molecule has 3 aliphatic heterocycles. The standard InChI is InChI=1S/C16H20ClN5O4/c17-8-5-9-14(20-15(8)22-3-1-18-2-4-22)21-16(19-9)26-11-7-25-12-10(23)6-24-13(11)12/h5,10-13,18,23H,1-4,6-7H2,(H,19,20,21)/t10-,11-,12-,13-/m1/s1. The van der Waals surface area contributed by atoms with Crippen LogP contribution >= 0.6 is 11.6 Å². The van der Waals surface area contributed by atoms with Crippen LogP contribution in [0.2, 0.25) is 5.02 Å². The lowest BCUT2D eigenvalue weighted by Gasteiger charge is -2.28. The fraction of sp³-hybridized carbons (Fsp3) is 0.625. The summed E-state index contributed by atoms with van der Waals surface area (Å²) in [6.07, 6.45) is -1.55. The van der Waals surface area contributed by atoms with E-state index in [9.17, 15) is 5.11 Å². The second-order valence-corrected chi connectivity index (χ2v) is 7.17. The number of ether oxygens (including phenoxy) is 3. The van der Waals surface area contributed by atoms with E-state index in [1.807, 2.05) is 6.07 Å². The molecule has 0 aliphatic carbocycles. The van der Waals surface area contributed by atoms with Gasteiger partial charge in [0.2, 0.25) is 0 Å². The number of pyridine rings is 1. The lowest BCUT2D eigenvalue weighted by Crippen LogP contribution is -2.44. The van der Waals surface area contributed by atoms with Crippen LogP contribution in [0.5, 0.6) is 6.01 Å². The maximum atomic E-state index is 9.82. The van der Waals surface area contributed by atoms with Crippen LogP contribution < -0.4 is 15.0 Å². The Bertz CT molecular complexity index is 811. The van der Waals surface area contributed by atoms with Crippen LogP contribution in [0.15, 0.2) is 6.07 Å². The number of nitrogens with one attached hydrogen (secondary N) is 2. The summed E-state index contributed by atoms with van der Waals surface area (Å²) < 4.78 is 17.1. The number of anilines is 1. The smallest absolute Gasteiger partial charge is 0.296 e. The largest absolute Gasteiger partial charge is 0.456 e. The van der Waals surface area contributed by atoms with E-state index in [1.54, 1.807) is 0 Å². The molecule has 140 valence electrons. The van der Waals surface area contributed by atoms with Gasteiger partial charge < -0.3 is 34.5 Å². The molecule has 5 heterocycles.